The summed E-state index contributed by atoms with van der Waals surface area (Å²) in [6.07, 6.45) is 3.53. The highest BCUT2D eigenvalue weighted by Gasteiger charge is 2.40. The molecule has 1 unspecified atom stereocenters. The van der Waals surface area contributed by atoms with Gasteiger partial charge in [-0.2, -0.15) is 4.31 Å². The van der Waals surface area contributed by atoms with Crippen molar-refractivity contribution >= 4 is 53.1 Å². The fourth-order valence-electron chi connectivity index (χ4n) is 4.20. The van der Waals surface area contributed by atoms with E-state index in [4.69, 9.17) is 0 Å². The molecule has 2 N–H and O–H groups in total. The van der Waals surface area contributed by atoms with E-state index in [0.717, 1.165) is 6.26 Å². The number of halogens is 1. The summed E-state index contributed by atoms with van der Waals surface area (Å²) in [6, 6.07) is 5.94. The Morgan fingerprint density at radius 1 is 1.27 bits per heavy atom. The number of nitrogens with zero attached hydrogens (tertiary/aromatic N) is 2. The molecular weight excluding hydrogens is 429 g/mol. The van der Waals surface area contributed by atoms with E-state index in [1.807, 2.05) is 0 Å². The van der Waals surface area contributed by atoms with E-state index in [0.29, 0.717) is 56.2 Å². The van der Waals surface area contributed by atoms with Crippen LogP contribution in [0.2, 0.25) is 0 Å². The number of H-pyrrole nitrogens is 1. The van der Waals surface area contributed by atoms with Crippen molar-refractivity contribution in [1.82, 2.24) is 14.3 Å². The lowest BCUT2D eigenvalue weighted by molar-refractivity contribution is -0.0122. The van der Waals surface area contributed by atoms with Gasteiger partial charge >= 0.3 is 0 Å². The van der Waals surface area contributed by atoms with Crippen molar-refractivity contribution in [3.05, 3.63) is 51.6 Å². The number of hydrogen-bond acceptors (Lipinski definition) is 6. The number of fused-ring (bicyclic) bond motifs is 6. The Labute approximate surface area is 174 Å². The van der Waals surface area contributed by atoms with Crippen LogP contribution >= 0.6 is 11.3 Å². The molecule has 2 aromatic heterocycles. The number of pyridine rings is 1. The van der Waals surface area contributed by atoms with Crippen LogP contribution in [0, 0.1) is 5.82 Å². The molecule has 4 aromatic rings. The minimum Gasteiger partial charge on any atom is -0.381 e. The average Bonchev–Trinajstić information content (AvgIpc) is 3.14. The third-order valence-electron chi connectivity index (χ3n) is 5.64. The molecule has 0 amide bonds. The van der Waals surface area contributed by atoms with Gasteiger partial charge in [-0.15, -0.1) is 11.3 Å². The minimum atomic E-state index is -3.45. The molecule has 2 aromatic carbocycles. The van der Waals surface area contributed by atoms with Crippen LogP contribution in [-0.4, -0.2) is 47.1 Å². The molecule has 10 heteroatoms. The number of nitrogens with one attached hydrogen (secondary N) is 1. The number of thiazole rings is 1. The molecule has 1 aliphatic heterocycles. The van der Waals surface area contributed by atoms with Crippen molar-refractivity contribution in [2.45, 2.75) is 18.4 Å². The van der Waals surface area contributed by atoms with Crippen LogP contribution in [0.5, 0.6) is 0 Å². The lowest BCUT2D eigenvalue weighted by atomic mass is 9.95. The van der Waals surface area contributed by atoms with Crippen LogP contribution in [0.25, 0.3) is 31.8 Å². The molecular formula is C20H18FN3O4S2. The van der Waals surface area contributed by atoms with Gasteiger partial charge in [0.15, 0.2) is 0 Å². The van der Waals surface area contributed by atoms with Gasteiger partial charge < -0.3 is 10.1 Å². The maximum Gasteiger partial charge on any atom is 0.256 e. The van der Waals surface area contributed by atoms with E-state index in [-0.39, 0.29) is 12.1 Å². The molecule has 0 spiro atoms. The third-order valence-corrected chi connectivity index (χ3v) is 8.17. The van der Waals surface area contributed by atoms with Crippen LogP contribution < -0.4 is 5.56 Å². The molecule has 1 aliphatic rings. The Kier molecular flexibility index (Phi) is 4.27. The smallest absolute Gasteiger partial charge is 0.256 e. The standard InChI is InChI=1S/C20H18FN3O4S2/c1-30(27,28)24-8-2-6-20(26,10-24)19-23-16-12-4-3-11(21)9-14(12)15-13(17(16)29-19)5-7-22-18(15)25/h3-5,7,9,26H,2,6,8,10H2,1H3,(H,22,25). The van der Waals surface area contributed by atoms with Gasteiger partial charge in [-0.25, -0.2) is 17.8 Å². The van der Waals surface area contributed by atoms with Crippen LogP contribution in [0.4, 0.5) is 4.39 Å². The molecule has 0 saturated carbocycles. The van der Waals surface area contributed by atoms with Crippen molar-refractivity contribution < 1.29 is 17.9 Å². The first-order chi connectivity index (χ1) is 14.2. The number of aromatic amines is 1. The third kappa shape index (κ3) is 2.94. The highest BCUT2D eigenvalue weighted by Crippen LogP contribution is 2.42. The summed E-state index contributed by atoms with van der Waals surface area (Å²) in [7, 11) is -3.45. The van der Waals surface area contributed by atoms with E-state index in [1.165, 1.54) is 34.0 Å². The Hall–Kier alpha value is -2.40. The Balaban J connectivity index is 1.81. The number of benzene rings is 2. The molecule has 7 nitrogen and oxygen atoms in total. The number of β-amino-alcohol motifs (C(OH)–C–C–N with tert-alkyl or cyclic N) is 1. The lowest BCUT2D eigenvalue weighted by Gasteiger charge is -2.36. The topological polar surface area (TPSA) is 103 Å². The number of piperidine rings is 1. The van der Waals surface area contributed by atoms with E-state index in [1.54, 1.807) is 12.1 Å². The van der Waals surface area contributed by atoms with Crippen LogP contribution in [0.3, 0.4) is 0 Å². The minimum absolute atomic E-state index is 0.0727. The fraction of sp³-hybridized carbons (Fsp3) is 0.300. The molecule has 1 saturated heterocycles. The number of aromatic nitrogens is 2. The normalized spacial score (nSPS) is 21.0. The second-order valence-electron chi connectivity index (χ2n) is 7.71. The van der Waals surface area contributed by atoms with Gasteiger partial charge in [-0.1, -0.05) is 0 Å². The first-order valence-corrected chi connectivity index (χ1v) is 12.0. The van der Waals surface area contributed by atoms with E-state index < -0.39 is 21.4 Å². The number of aliphatic hydroxyl groups is 1. The zero-order chi connectivity index (χ0) is 21.3. The summed E-state index contributed by atoms with van der Waals surface area (Å²) in [5, 5.41) is 13.8. The Bertz CT molecular complexity index is 1500. The van der Waals surface area contributed by atoms with E-state index in [9.17, 15) is 22.7 Å². The highest BCUT2D eigenvalue weighted by molar-refractivity contribution is 7.88. The molecule has 0 aliphatic carbocycles. The van der Waals surface area contributed by atoms with Gasteiger partial charge in [0, 0.05) is 35.4 Å². The van der Waals surface area contributed by atoms with E-state index >= 15 is 0 Å². The molecule has 3 heterocycles. The quantitative estimate of drug-likeness (QED) is 0.460. The number of hydrogen-bond donors (Lipinski definition) is 2. The molecule has 0 radical (unpaired) electrons. The summed E-state index contributed by atoms with van der Waals surface area (Å²) in [5.41, 5.74) is -1.20. The molecule has 30 heavy (non-hydrogen) atoms. The summed E-state index contributed by atoms with van der Waals surface area (Å²) in [6.45, 7) is 0.281. The molecule has 1 fully saturated rings. The summed E-state index contributed by atoms with van der Waals surface area (Å²) >= 11 is 1.24. The highest BCUT2D eigenvalue weighted by atomic mass is 32.2. The monoisotopic (exact) mass is 447 g/mol. The Morgan fingerprint density at radius 2 is 2.07 bits per heavy atom. The second kappa shape index (κ2) is 6.55. The van der Waals surface area contributed by atoms with Crippen LogP contribution in [0.1, 0.15) is 17.8 Å². The maximum atomic E-state index is 14.0. The molecule has 156 valence electrons. The zero-order valence-corrected chi connectivity index (χ0v) is 17.6. The van der Waals surface area contributed by atoms with Crippen LogP contribution in [0.15, 0.2) is 35.3 Å². The summed E-state index contributed by atoms with van der Waals surface area (Å²) in [5.74, 6) is -0.462. The molecule has 1 atom stereocenters. The number of sulfonamides is 1. The van der Waals surface area contributed by atoms with Gasteiger partial charge in [0.05, 0.1) is 21.9 Å². The van der Waals surface area contributed by atoms with Crippen molar-refractivity contribution in [1.29, 1.82) is 0 Å². The molecule has 0 bridgehead atoms. The van der Waals surface area contributed by atoms with Gasteiger partial charge in [-0.3, -0.25) is 4.79 Å². The Morgan fingerprint density at radius 3 is 2.83 bits per heavy atom. The van der Waals surface area contributed by atoms with Gasteiger partial charge in [0.25, 0.3) is 5.56 Å². The largest absolute Gasteiger partial charge is 0.381 e. The van der Waals surface area contributed by atoms with Gasteiger partial charge in [-0.05, 0) is 37.1 Å². The maximum absolute atomic E-state index is 14.0. The van der Waals surface area contributed by atoms with Gasteiger partial charge in [0.2, 0.25) is 10.0 Å². The predicted molar refractivity (Wildman–Crippen MR) is 115 cm³/mol. The van der Waals surface area contributed by atoms with Crippen LogP contribution in [-0.2, 0) is 15.6 Å². The second-order valence-corrected chi connectivity index (χ2v) is 10.7. The molecule has 5 rings (SSSR count). The zero-order valence-electron chi connectivity index (χ0n) is 16.0. The predicted octanol–water partition coefficient (Wildman–Crippen LogP) is 2.67. The van der Waals surface area contributed by atoms with Crippen molar-refractivity contribution in [3.63, 3.8) is 0 Å². The van der Waals surface area contributed by atoms with Crippen molar-refractivity contribution in [2.75, 3.05) is 19.3 Å². The first-order valence-electron chi connectivity index (χ1n) is 9.38. The first kappa shape index (κ1) is 19.6. The van der Waals surface area contributed by atoms with Crippen molar-refractivity contribution in [3.8, 4) is 0 Å². The average molecular weight is 448 g/mol. The SMILES string of the molecule is CS(=O)(=O)N1CCCC(O)(c2nc3c4ccc(F)cc4c4c(=O)[nH]ccc4c3s2)C1. The van der Waals surface area contributed by atoms with E-state index in [2.05, 4.69) is 9.97 Å². The van der Waals surface area contributed by atoms with Crippen molar-refractivity contribution in [2.24, 2.45) is 0 Å². The summed E-state index contributed by atoms with van der Waals surface area (Å²) < 4.78 is 40.0. The van der Waals surface area contributed by atoms with Gasteiger partial charge in [0.1, 0.15) is 16.4 Å². The summed E-state index contributed by atoms with van der Waals surface area (Å²) in [4.78, 5) is 19.9. The number of rotatable bonds is 2. The lowest BCUT2D eigenvalue weighted by Crippen LogP contribution is -2.48. The fourth-order valence-corrected chi connectivity index (χ4v) is 6.33.